The number of ether oxygens (including phenoxy) is 1. The first-order valence-corrected chi connectivity index (χ1v) is 9.84. The molecular weight excluding hydrogens is 330 g/mol. The van der Waals surface area contributed by atoms with Crippen molar-refractivity contribution in [3.63, 3.8) is 0 Å². The lowest BCUT2D eigenvalue weighted by atomic mass is 9.48. The van der Waals surface area contributed by atoms with Crippen LogP contribution in [-0.4, -0.2) is 59.0 Å². The Hall–Kier alpha value is -1.72. The van der Waals surface area contributed by atoms with Gasteiger partial charge >= 0.3 is 0 Å². The Balaban J connectivity index is 1.61. The van der Waals surface area contributed by atoms with E-state index in [1.807, 2.05) is 6.08 Å². The molecule has 0 aromatic rings. The summed E-state index contributed by atoms with van der Waals surface area (Å²) in [4.78, 5) is 25.2. The third-order valence-electron chi connectivity index (χ3n) is 7.99. The van der Waals surface area contributed by atoms with Crippen LogP contribution in [0.3, 0.4) is 0 Å². The Bertz CT molecular complexity index is 865. The van der Waals surface area contributed by atoms with E-state index < -0.39 is 17.1 Å². The van der Waals surface area contributed by atoms with E-state index in [1.165, 1.54) is 12.8 Å². The molecular formula is C21H24NO4+. The first-order chi connectivity index (χ1) is 12.4. The lowest BCUT2D eigenvalue weighted by Crippen LogP contribution is -2.78. The number of allylic oxidation sites excluding steroid dienone is 3. The van der Waals surface area contributed by atoms with Gasteiger partial charge in [0.15, 0.2) is 17.6 Å². The molecule has 0 radical (unpaired) electrons. The number of hydrogen-bond acceptors (Lipinski definition) is 4. The fourth-order valence-electron chi connectivity index (χ4n) is 6.65. The van der Waals surface area contributed by atoms with Gasteiger partial charge in [0.05, 0.1) is 25.6 Å². The smallest absolute Gasteiger partial charge is 0.220 e. The van der Waals surface area contributed by atoms with E-state index in [1.54, 1.807) is 6.08 Å². The summed E-state index contributed by atoms with van der Waals surface area (Å²) in [6, 6.07) is -0.0491. The second-order valence-corrected chi connectivity index (χ2v) is 9.41. The van der Waals surface area contributed by atoms with Gasteiger partial charge in [0, 0.05) is 24.3 Å². The zero-order valence-corrected chi connectivity index (χ0v) is 15.0. The van der Waals surface area contributed by atoms with Crippen LogP contribution in [0, 0.1) is 11.3 Å². The number of ketones is 2. The molecule has 5 heteroatoms. The summed E-state index contributed by atoms with van der Waals surface area (Å²) in [5.74, 6) is 0.938. The molecule has 3 fully saturated rings. The van der Waals surface area contributed by atoms with Crippen LogP contribution < -0.4 is 0 Å². The molecule has 26 heavy (non-hydrogen) atoms. The van der Waals surface area contributed by atoms with Crippen molar-refractivity contribution in [3.05, 3.63) is 35.1 Å². The van der Waals surface area contributed by atoms with Gasteiger partial charge in [0.2, 0.25) is 5.78 Å². The molecule has 6 rings (SSSR count). The number of likely N-dealkylation sites (N-methyl/N-ethyl adjacent to an activating group) is 1. The molecule has 0 aromatic carbocycles. The number of likely N-dealkylation sites (tertiary alicyclic amines) is 1. The fraction of sp³-hybridized carbons (Fsp3) is 0.619. The van der Waals surface area contributed by atoms with Crippen molar-refractivity contribution in [1.29, 1.82) is 0 Å². The summed E-state index contributed by atoms with van der Waals surface area (Å²) in [6.45, 7) is 2.00. The lowest BCUT2D eigenvalue weighted by molar-refractivity contribution is -0.944. The summed E-state index contributed by atoms with van der Waals surface area (Å²) >= 11 is 0. The maximum Gasteiger partial charge on any atom is 0.220 e. The van der Waals surface area contributed by atoms with Crippen molar-refractivity contribution in [2.24, 2.45) is 11.3 Å². The number of carbonyl (C=O) groups excluding carboxylic acids is 2. The Labute approximate surface area is 152 Å². The number of Topliss-reactive ketones (excluding diaryl/α,β-unsaturated/α-hetero) is 1. The van der Waals surface area contributed by atoms with E-state index in [2.05, 4.69) is 13.1 Å². The van der Waals surface area contributed by atoms with Gasteiger partial charge in [-0.05, 0) is 37.0 Å². The Morgan fingerprint density at radius 3 is 2.85 bits per heavy atom. The highest BCUT2D eigenvalue weighted by Gasteiger charge is 2.76. The zero-order valence-electron chi connectivity index (χ0n) is 15.0. The summed E-state index contributed by atoms with van der Waals surface area (Å²) in [5.41, 5.74) is 0.0546. The van der Waals surface area contributed by atoms with Gasteiger partial charge in [-0.2, -0.15) is 0 Å². The van der Waals surface area contributed by atoms with Crippen molar-refractivity contribution in [2.45, 2.75) is 49.9 Å². The molecule has 2 bridgehead atoms. The van der Waals surface area contributed by atoms with Crippen LogP contribution in [0.2, 0.25) is 0 Å². The molecule has 5 nitrogen and oxygen atoms in total. The Morgan fingerprint density at radius 2 is 2.08 bits per heavy atom. The number of hydrogen-bond donors (Lipinski definition) is 1. The predicted molar refractivity (Wildman–Crippen MR) is 92.8 cm³/mol. The van der Waals surface area contributed by atoms with Crippen LogP contribution in [0.15, 0.2) is 35.1 Å². The Kier molecular flexibility index (Phi) is 2.59. The molecule has 2 saturated carbocycles. The second kappa shape index (κ2) is 4.39. The largest absolute Gasteiger partial charge is 0.477 e. The molecule has 2 aliphatic heterocycles. The summed E-state index contributed by atoms with van der Waals surface area (Å²) in [5, 5.41) is 12.1. The van der Waals surface area contributed by atoms with Gasteiger partial charge in [0.25, 0.3) is 0 Å². The van der Waals surface area contributed by atoms with Crippen LogP contribution in [-0.2, 0) is 14.3 Å². The molecule has 1 spiro atoms. The van der Waals surface area contributed by atoms with E-state index in [0.29, 0.717) is 25.0 Å². The van der Waals surface area contributed by atoms with Gasteiger partial charge in [-0.15, -0.1) is 0 Å². The van der Waals surface area contributed by atoms with Crippen LogP contribution >= 0.6 is 0 Å². The molecule has 2 heterocycles. The number of rotatable bonds is 2. The molecule has 4 aliphatic carbocycles. The summed E-state index contributed by atoms with van der Waals surface area (Å²) < 4.78 is 6.83. The number of carbonyl (C=O) groups is 2. The second-order valence-electron chi connectivity index (χ2n) is 9.41. The van der Waals surface area contributed by atoms with Crippen LogP contribution in [0.5, 0.6) is 0 Å². The van der Waals surface area contributed by atoms with Crippen molar-refractivity contribution in [3.8, 4) is 0 Å². The molecule has 0 aromatic heterocycles. The highest BCUT2D eigenvalue weighted by molar-refractivity contribution is 6.07. The van der Waals surface area contributed by atoms with E-state index >= 15 is 0 Å². The van der Waals surface area contributed by atoms with Gasteiger partial charge in [-0.25, -0.2) is 0 Å². The predicted octanol–water partition coefficient (Wildman–Crippen LogP) is 1.43. The summed E-state index contributed by atoms with van der Waals surface area (Å²) in [7, 11) is 2.26. The van der Waals surface area contributed by atoms with Crippen LogP contribution in [0.1, 0.15) is 32.1 Å². The number of quaternary nitrogens is 1. The van der Waals surface area contributed by atoms with E-state index in [0.717, 1.165) is 34.6 Å². The van der Waals surface area contributed by atoms with E-state index in [-0.39, 0.29) is 17.6 Å². The number of aliphatic hydroxyl groups is 1. The van der Waals surface area contributed by atoms with Crippen molar-refractivity contribution >= 4 is 11.6 Å². The first-order valence-electron chi connectivity index (χ1n) is 9.84. The topological polar surface area (TPSA) is 63.6 Å². The van der Waals surface area contributed by atoms with E-state index in [4.69, 9.17) is 4.74 Å². The van der Waals surface area contributed by atoms with Gasteiger partial charge in [-0.3, -0.25) is 9.59 Å². The zero-order chi connectivity index (χ0) is 17.9. The average molecular weight is 354 g/mol. The normalized spacial score (nSPS) is 48.3. The molecule has 0 amide bonds. The number of piperidine rings is 1. The highest BCUT2D eigenvalue weighted by atomic mass is 16.5. The third kappa shape index (κ3) is 1.53. The van der Waals surface area contributed by atoms with E-state index in [9.17, 15) is 14.7 Å². The average Bonchev–Trinajstić information content (AvgIpc) is 3.32. The minimum Gasteiger partial charge on any atom is -0.477 e. The lowest BCUT2D eigenvalue weighted by Gasteiger charge is -2.63. The first kappa shape index (κ1) is 15.3. The van der Waals surface area contributed by atoms with Crippen molar-refractivity contribution in [1.82, 2.24) is 0 Å². The number of nitrogens with zero attached hydrogens (tertiary/aromatic N) is 1. The van der Waals surface area contributed by atoms with Crippen LogP contribution in [0.4, 0.5) is 0 Å². The summed E-state index contributed by atoms with van der Waals surface area (Å²) in [6.07, 6.45) is 8.97. The molecule has 5 atom stereocenters. The molecule has 136 valence electrons. The molecule has 1 saturated heterocycles. The van der Waals surface area contributed by atoms with Crippen LogP contribution in [0.25, 0.3) is 0 Å². The standard InChI is InChI=1S/C21H24NO4/c1-22(11-12-2-3-12)9-8-20-17-13-4-5-14(23)18(17)26-19(20)15(24)6-7-21(20,25)16(22)10-13/h4-5,10,12,16,19,25H,2-3,6-9,11H2,1H3/q+1/t16-,19+,20+,21-,22?/m1/s1. The molecule has 1 N–H and O–H groups in total. The maximum atomic E-state index is 12.8. The molecule has 6 aliphatic rings. The van der Waals surface area contributed by atoms with Gasteiger partial charge in [-0.1, -0.05) is 6.08 Å². The maximum absolute atomic E-state index is 12.8. The SMILES string of the molecule is C[N+]1(CC2CC2)CC[C@]23C4=C5O[C@H]2C(=O)CC[C@@]3(O)[C@H]1C=C4C=CC5=O. The Morgan fingerprint density at radius 1 is 1.27 bits per heavy atom. The van der Waals surface area contributed by atoms with Gasteiger partial charge in [0.1, 0.15) is 11.6 Å². The quantitative estimate of drug-likeness (QED) is 0.762. The van der Waals surface area contributed by atoms with Gasteiger partial charge < -0.3 is 14.3 Å². The highest BCUT2D eigenvalue weighted by Crippen LogP contribution is 2.66. The van der Waals surface area contributed by atoms with Crippen molar-refractivity contribution in [2.75, 3.05) is 20.1 Å². The monoisotopic (exact) mass is 354 g/mol. The fourth-order valence-corrected chi connectivity index (χ4v) is 6.65. The van der Waals surface area contributed by atoms with Crippen molar-refractivity contribution < 1.29 is 23.9 Å². The minimum atomic E-state index is -1.01. The third-order valence-corrected chi connectivity index (χ3v) is 7.99. The minimum absolute atomic E-state index is 0.0372. The molecule has 1 unspecified atom stereocenters.